The van der Waals surface area contributed by atoms with Gasteiger partial charge >= 0.3 is 0 Å². The SMILES string of the molecule is CC(C)NC1CCN(C2CCc3ccccc3C2)C1=O. The van der Waals surface area contributed by atoms with Crippen molar-refractivity contribution in [2.45, 2.75) is 57.7 Å². The largest absolute Gasteiger partial charge is 0.338 e. The van der Waals surface area contributed by atoms with Gasteiger partial charge in [-0.15, -0.1) is 0 Å². The van der Waals surface area contributed by atoms with Crippen LogP contribution < -0.4 is 5.32 Å². The number of carbonyl (C=O) groups excluding carboxylic acids is 1. The molecule has 2 aliphatic rings. The van der Waals surface area contributed by atoms with Gasteiger partial charge in [-0.05, 0) is 36.8 Å². The highest BCUT2D eigenvalue weighted by Gasteiger charge is 2.36. The van der Waals surface area contributed by atoms with E-state index in [0.717, 1.165) is 32.2 Å². The highest BCUT2D eigenvalue weighted by atomic mass is 16.2. The summed E-state index contributed by atoms with van der Waals surface area (Å²) in [7, 11) is 0. The molecule has 2 unspecified atom stereocenters. The number of amides is 1. The van der Waals surface area contributed by atoms with E-state index in [1.54, 1.807) is 0 Å². The van der Waals surface area contributed by atoms with Crippen LogP contribution in [0.5, 0.6) is 0 Å². The van der Waals surface area contributed by atoms with Gasteiger partial charge < -0.3 is 10.2 Å². The Bertz CT molecular complexity index is 498. The molecule has 0 bridgehead atoms. The number of nitrogens with one attached hydrogen (secondary N) is 1. The minimum Gasteiger partial charge on any atom is -0.338 e. The molecular formula is C17H24N2O. The third-order valence-corrected chi connectivity index (χ3v) is 4.54. The molecular weight excluding hydrogens is 248 g/mol. The van der Waals surface area contributed by atoms with E-state index in [9.17, 15) is 4.79 Å². The number of benzene rings is 1. The zero-order valence-corrected chi connectivity index (χ0v) is 12.4. The van der Waals surface area contributed by atoms with Crippen LogP contribution >= 0.6 is 0 Å². The summed E-state index contributed by atoms with van der Waals surface area (Å²) in [4.78, 5) is 14.6. The molecule has 20 heavy (non-hydrogen) atoms. The van der Waals surface area contributed by atoms with Crippen LogP contribution in [0.3, 0.4) is 0 Å². The van der Waals surface area contributed by atoms with E-state index in [1.807, 2.05) is 0 Å². The lowest BCUT2D eigenvalue weighted by Crippen LogP contribution is -2.46. The maximum Gasteiger partial charge on any atom is 0.240 e. The van der Waals surface area contributed by atoms with Crippen molar-refractivity contribution in [2.75, 3.05) is 6.54 Å². The number of likely N-dealkylation sites (tertiary alicyclic amines) is 1. The standard InChI is InChI=1S/C17H24N2O/c1-12(2)18-16-9-10-19(17(16)20)15-8-7-13-5-3-4-6-14(13)11-15/h3-6,12,15-16,18H,7-11H2,1-2H3. The lowest BCUT2D eigenvalue weighted by atomic mass is 9.87. The third kappa shape index (κ3) is 2.59. The fourth-order valence-corrected chi connectivity index (χ4v) is 3.57. The van der Waals surface area contributed by atoms with Crippen molar-refractivity contribution in [3.05, 3.63) is 35.4 Å². The minimum atomic E-state index is 0.0344. The summed E-state index contributed by atoms with van der Waals surface area (Å²) in [6.45, 7) is 5.12. The summed E-state index contributed by atoms with van der Waals surface area (Å²) >= 11 is 0. The first-order chi connectivity index (χ1) is 9.65. The lowest BCUT2D eigenvalue weighted by molar-refractivity contribution is -0.131. The van der Waals surface area contributed by atoms with Crippen molar-refractivity contribution >= 4 is 5.91 Å². The van der Waals surface area contributed by atoms with Crippen LogP contribution in [0.1, 0.15) is 37.8 Å². The van der Waals surface area contributed by atoms with E-state index in [1.165, 1.54) is 11.1 Å². The predicted octanol–water partition coefficient (Wildman–Crippen LogP) is 2.14. The van der Waals surface area contributed by atoms with E-state index in [-0.39, 0.29) is 6.04 Å². The molecule has 0 radical (unpaired) electrons. The highest BCUT2D eigenvalue weighted by Crippen LogP contribution is 2.27. The first-order valence-corrected chi connectivity index (χ1v) is 7.78. The zero-order chi connectivity index (χ0) is 14.1. The lowest BCUT2D eigenvalue weighted by Gasteiger charge is -2.32. The molecule has 1 aromatic carbocycles. The van der Waals surface area contributed by atoms with E-state index in [0.29, 0.717) is 18.0 Å². The summed E-state index contributed by atoms with van der Waals surface area (Å²) in [6, 6.07) is 9.46. The Hall–Kier alpha value is -1.35. The van der Waals surface area contributed by atoms with Gasteiger partial charge in [0.2, 0.25) is 5.91 Å². The van der Waals surface area contributed by atoms with Gasteiger partial charge in [0.1, 0.15) is 0 Å². The van der Waals surface area contributed by atoms with E-state index >= 15 is 0 Å². The summed E-state index contributed by atoms with van der Waals surface area (Å²) < 4.78 is 0. The molecule has 1 aliphatic carbocycles. The monoisotopic (exact) mass is 272 g/mol. The van der Waals surface area contributed by atoms with Gasteiger partial charge in [0.15, 0.2) is 0 Å². The molecule has 3 nitrogen and oxygen atoms in total. The van der Waals surface area contributed by atoms with Gasteiger partial charge in [-0.25, -0.2) is 0 Å². The molecule has 1 aromatic rings. The minimum absolute atomic E-state index is 0.0344. The molecule has 0 spiro atoms. The Morgan fingerprint density at radius 3 is 2.70 bits per heavy atom. The molecule has 3 rings (SSSR count). The van der Waals surface area contributed by atoms with Crippen molar-refractivity contribution in [1.29, 1.82) is 0 Å². The molecule has 2 atom stereocenters. The van der Waals surface area contributed by atoms with Gasteiger partial charge in [-0.1, -0.05) is 38.1 Å². The average molecular weight is 272 g/mol. The molecule has 1 saturated heterocycles. The van der Waals surface area contributed by atoms with E-state index in [4.69, 9.17) is 0 Å². The van der Waals surface area contributed by atoms with Crippen molar-refractivity contribution in [2.24, 2.45) is 0 Å². The Morgan fingerprint density at radius 2 is 1.95 bits per heavy atom. The maximum atomic E-state index is 12.5. The molecule has 1 aliphatic heterocycles. The Balaban J connectivity index is 1.68. The van der Waals surface area contributed by atoms with Gasteiger partial charge in [-0.3, -0.25) is 4.79 Å². The predicted molar refractivity (Wildman–Crippen MR) is 80.6 cm³/mol. The number of carbonyl (C=O) groups is 1. The van der Waals surface area contributed by atoms with Crippen LogP contribution in [0.2, 0.25) is 0 Å². The first kappa shape index (κ1) is 13.6. The van der Waals surface area contributed by atoms with Crippen LogP contribution in [0.25, 0.3) is 0 Å². The van der Waals surface area contributed by atoms with E-state index < -0.39 is 0 Å². The number of fused-ring (bicyclic) bond motifs is 1. The Morgan fingerprint density at radius 1 is 1.20 bits per heavy atom. The van der Waals surface area contributed by atoms with Crippen LogP contribution in [-0.2, 0) is 17.6 Å². The number of hydrogen-bond donors (Lipinski definition) is 1. The summed E-state index contributed by atoms with van der Waals surface area (Å²) in [6.07, 6.45) is 4.19. The number of rotatable bonds is 3. The van der Waals surface area contributed by atoms with Crippen molar-refractivity contribution in [3.63, 3.8) is 0 Å². The molecule has 0 aromatic heterocycles. The molecule has 1 heterocycles. The van der Waals surface area contributed by atoms with Gasteiger partial charge in [0, 0.05) is 18.6 Å². The number of nitrogens with zero attached hydrogens (tertiary/aromatic N) is 1. The molecule has 1 fully saturated rings. The first-order valence-electron chi connectivity index (χ1n) is 7.78. The molecule has 108 valence electrons. The quantitative estimate of drug-likeness (QED) is 0.914. The smallest absolute Gasteiger partial charge is 0.240 e. The second-order valence-electron chi connectivity index (χ2n) is 6.36. The average Bonchev–Trinajstić information content (AvgIpc) is 2.79. The fourth-order valence-electron chi connectivity index (χ4n) is 3.57. The van der Waals surface area contributed by atoms with Crippen molar-refractivity contribution in [3.8, 4) is 0 Å². The van der Waals surface area contributed by atoms with Crippen LogP contribution in [0.15, 0.2) is 24.3 Å². The summed E-state index contributed by atoms with van der Waals surface area (Å²) in [5.41, 5.74) is 2.89. The van der Waals surface area contributed by atoms with E-state index in [2.05, 4.69) is 48.3 Å². The van der Waals surface area contributed by atoms with Crippen LogP contribution in [-0.4, -0.2) is 35.5 Å². The second-order valence-corrected chi connectivity index (χ2v) is 6.36. The van der Waals surface area contributed by atoms with Crippen molar-refractivity contribution in [1.82, 2.24) is 10.2 Å². The van der Waals surface area contributed by atoms with Crippen LogP contribution in [0.4, 0.5) is 0 Å². The number of hydrogen-bond acceptors (Lipinski definition) is 2. The fraction of sp³-hybridized carbons (Fsp3) is 0.588. The van der Waals surface area contributed by atoms with Crippen molar-refractivity contribution < 1.29 is 4.79 Å². The maximum absolute atomic E-state index is 12.5. The molecule has 3 heteroatoms. The zero-order valence-electron chi connectivity index (χ0n) is 12.4. The normalized spacial score (nSPS) is 26.1. The highest BCUT2D eigenvalue weighted by molar-refractivity contribution is 5.84. The molecule has 0 saturated carbocycles. The third-order valence-electron chi connectivity index (χ3n) is 4.54. The number of aryl methyl sites for hydroxylation is 1. The van der Waals surface area contributed by atoms with Gasteiger partial charge in [-0.2, -0.15) is 0 Å². The Kier molecular flexibility index (Phi) is 3.79. The summed E-state index contributed by atoms with van der Waals surface area (Å²) in [5.74, 6) is 0.308. The second kappa shape index (κ2) is 5.57. The van der Waals surface area contributed by atoms with Gasteiger partial charge in [0.05, 0.1) is 6.04 Å². The molecule has 1 amide bonds. The Labute approximate surface area is 121 Å². The van der Waals surface area contributed by atoms with Gasteiger partial charge in [0.25, 0.3) is 0 Å². The van der Waals surface area contributed by atoms with Crippen LogP contribution in [0, 0.1) is 0 Å². The summed E-state index contributed by atoms with van der Waals surface area (Å²) in [5, 5.41) is 3.39. The topological polar surface area (TPSA) is 32.3 Å². The molecule has 1 N–H and O–H groups in total.